The predicted octanol–water partition coefficient (Wildman–Crippen LogP) is 3.31. The molecule has 2 heterocycles. The van der Waals surface area contributed by atoms with Crippen molar-refractivity contribution in [2.45, 2.75) is 26.9 Å². The zero-order valence-electron chi connectivity index (χ0n) is 12.5. The zero-order chi connectivity index (χ0) is 14.8. The molecule has 0 atom stereocenters. The van der Waals surface area contributed by atoms with Crippen molar-refractivity contribution in [2.75, 3.05) is 7.11 Å². The molecule has 0 aliphatic carbocycles. The molecule has 0 spiro atoms. The van der Waals surface area contributed by atoms with Crippen LogP contribution >= 0.6 is 11.3 Å². The number of ether oxygens (including phenoxy) is 1. The molecule has 0 saturated carbocycles. The molecule has 0 aliphatic rings. The molecule has 0 saturated heterocycles. The number of aryl methyl sites for hydroxylation is 2. The molecule has 0 fully saturated rings. The Morgan fingerprint density at radius 1 is 1.24 bits per heavy atom. The van der Waals surface area contributed by atoms with E-state index in [-0.39, 0.29) is 0 Å². The maximum absolute atomic E-state index is 5.38. The lowest BCUT2D eigenvalue weighted by Gasteiger charge is -2.10. The number of hydrogen-bond donors (Lipinski definition) is 1. The SMILES string of the molecule is COc1ccccc1CNCc1c(C)nc2scc(C)n12. The molecule has 0 amide bonds. The van der Waals surface area contributed by atoms with Crippen molar-refractivity contribution in [3.63, 3.8) is 0 Å². The van der Waals surface area contributed by atoms with Gasteiger partial charge in [0.05, 0.1) is 18.5 Å². The number of fused-ring (bicyclic) bond motifs is 1. The lowest BCUT2D eigenvalue weighted by Crippen LogP contribution is -2.15. The molecule has 110 valence electrons. The molecule has 0 aliphatic heterocycles. The van der Waals surface area contributed by atoms with Crippen LogP contribution in [0.2, 0.25) is 0 Å². The molecule has 0 unspecified atom stereocenters. The summed E-state index contributed by atoms with van der Waals surface area (Å²) in [6, 6.07) is 8.09. The van der Waals surface area contributed by atoms with Gasteiger partial charge >= 0.3 is 0 Å². The molecule has 3 aromatic rings. The minimum absolute atomic E-state index is 0.778. The summed E-state index contributed by atoms with van der Waals surface area (Å²) in [4.78, 5) is 5.68. The fraction of sp³-hybridized carbons (Fsp3) is 0.312. The van der Waals surface area contributed by atoms with Gasteiger partial charge in [-0.15, -0.1) is 11.3 Å². The Bertz CT molecular complexity index is 760. The second-order valence-corrected chi connectivity index (χ2v) is 5.89. The van der Waals surface area contributed by atoms with Gasteiger partial charge in [0.1, 0.15) is 5.75 Å². The molecule has 1 N–H and O–H groups in total. The zero-order valence-corrected chi connectivity index (χ0v) is 13.3. The Morgan fingerprint density at radius 2 is 2.05 bits per heavy atom. The number of thiazole rings is 1. The van der Waals surface area contributed by atoms with Gasteiger partial charge in [0.25, 0.3) is 0 Å². The molecule has 5 heteroatoms. The Morgan fingerprint density at radius 3 is 2.86 bits per heavy atom. The van der Waals surface area contributed by atoms with E-state index in [9.17, 15) is 0 Å². The van der Waals surface area contributed by atoms with Gasteiger partial charge < -0.3 is 10.1 Å². The van der Waals surface area contributed by atoms with Crippen molar-refractivity contribution in [1.29, 1.82) is 0 Å². The highest BCUT2D eigenvalue weighted by atomic mass is 32.1. The van der Waals surface area contributed by atoms with Gasteiger partial charge in [-0.2, -0.15) is 0 Å². The third kappa shape index (κ3) is 2.66. The Kier molecular flexibility index (Phi) is 3.94. The summed E-state index contributed by atoms with van der Waals surface area (Å²) in [5.41, 5.74) is 4.74. The van der Waals surface area contributed by atoms with Gasteiger partial charge in [0.2, 0.25) is 0 Å². The van der Waals surface area contributed by atoms with Gasteiger partial charge in [-0.05, 0) is 19.9 Å². The topological polar surface area (TPSA) is 38.6 Å². The maximum Gasteiger partial charge on any atom is 0.194 e. The minimum atomic E-state index is 0.778. The summed E-state index contributed by atoms with van der Waals surface area (Å²) in [6.45, 7) is 5.76. The highest BCUT2D eigenvalue weighted by Gasteiger charge is 2.11. The van der Waals surface area contributed by atoms with Crippen molar-refractivity contribution in [1.82, 2.24) is 14.7 Å². The van der Waals surface area contributed by atoms with E-state index in [4.69, 9.17) is 4.74 Å². The number of methoxy groups -OCH3 is 1. The Hall–Kier alpha value is -1.85. The van der Waals surface area contributed by atoms with Crippen molar-refractivity contribution >= 4 is 16.3 Å². The number of para-hydroxylation sites is 1. The van der Waals surface area contributed by atoms with Crippen LogP contribution in [-0.2, 0) is 13.1 Å². The molecule has 2 aromatic heterocycles. The second kappa shape index (κ2) is 5.87. The van der Waals surface area contributed by atoms with Gasteiger partial charge in [-0.1, -0.05) is 18.2 Å². The normalized spacial score (nSPS) is 11.2. The first-order valence-corrected chi connectivity index (χ1v) is 7.83. The van der Waals surface area contributed by atoms with Gasteiger partial charge in [0.15, 0.2) is 4.96 Å². The molecule has 0 radical (unpaired) electrons. The summed E-state index contributed by atoms with van der Waals surface area (Å²) >= 11 is 1.69. The highest BCUT2D eigenvalue weighted by Crippen LogP contribution is 2.21. The predicted molar refractivity (Wildman–Crippen MR) is 86.1 cm³/mol. The minimum Gasteiger partial charge on any atom is -0.496 e. The number of aromatic nitrogens is 2. The molecule has 1 aromatic carbocycles. The van der Waals surface area contributed by atoms with Crippen molar-refractivity contribution < 1.29 is 4.74 Å². The van der Waals surface area contributed by atoms with Crippen LogP contribution < -0.4 is 10.1 Å². The molecule has 3 rings (SSSR count). The van der Waals surface area contributed by atoms with Crippen LogP contribution in [0.1, 0.15) is 22.6 Å². The third-order valence-corrected chi connectivity index (χ3v) is 4.57. The number of hydrogen-bond acceptors (Lipinski definition) is 4. The third-order valence-electron chi connectivity index (χ3n) is 3.63. The average Bonchev–Trinajstić information content (AvgIpc) is 3.00. The number of nitrogens with one attached hydrogen (secondary N) is 1. The first-order chi connectivity index (χ1) is 10.2. The lowest BCUT2D eigenvalue weighted by molar-refractivity contribution is 0.407. The summed E-state index contributed by atoms with van der Waals surface area (Å²) < 4.78 is 7.61. The Labute approximate surface area is 128 Å². The first-order valence-electron chi connectivity index (χ1n) is 6.95. The van der Waals surface area contributed by atoms with Crippen molar-refractivity contribution in [3.8, 4) is 5.75 Å². The van der Waals surface area contributed by atoms with E-state index >= 15 is 0 Å². The van der Waals surface area contributed by atoms with Crippen LogP contribution in [-0.4, -0.2) is 16.5 Å². The van der Waals surface area contributed by atoms with Gasteiger partial charge in [0, 0.05) is 29.7 Å². The van der Waals surface area contributed by atoms with E-state index in [1.807, 2.05) is 18.2 Å². The fourth-order valence-corrected chi connectivity index (χ4v) is 3.47. The van der Waals surface area contributed by atoms with E-state index in [1.165, 1.54) is 17.0 Å². The van der Waals surface area contributed by atoms with Crippen LogP contribution in [0, 0.1) is 13.8 Å². The maximum atomic E-state index is 5.38. The van der Waals surface area contributed by atoms with Crippen LogP contribution in [0.15, 0.2) is 29.6 Å². The smallest absolute Gasteiger partial charge is 0.194 e. The van der Waals surface area contributed by atoms with E-state index in [1.54, 1.807) is 18.4 Å². The number of rotatable bonds is 5. The van der Waals surface area contributed by atoms with Gasteiger partial charge in [-0.3, -0.25) is 4.40 Å². The number of nitrogens with zero attached hydrogens (tertiary/aromatic N) is 2. The molecular weight excluding hydrogens is 282 g/mol. The van der Waals surface area contributed by atoms with Crippen LogP contribution in [0.5, 0.6) is 5.75 Å². The first kappa shape index (κ1) is 14.1. The summed E-state index contributed by atoms with van der Waals surface area (Å²) in [6.07, 6.45) is 0. The summed E-state index contributed by atoms with van der Waals surface area (Å²) in [5.74, 6) is 0.923. The molecular formula is C16H19N3OS. The average molecular weight is 301 g/mol. The summed E-state index contributed by atoms with van der Waals surface area (Å²) in [7, 11) is 1.71. The highest BCUT2D eigenvalue weighted by molar-refractivity contribution is 7.15. The van der Waals surface area contributed by atoms with Crippen LogP contribution in [0.25, 0.3) is 4.96 Å². The molecule has 4 nitrogen and oxygen atoms in total. The Balaban J connectivity index is 1.75. The van der Waals surface area contributed by atoms with E-state index in [2.05, 4.69) is 40.0 Å². The quantitative estimate of drug-likeness (QED) is 0.786. The van der Waals surface area contributed by atoms with Gasteiger partial charge in [-0.25, -0.2) is 4.98 Å². The molecule has 21 heavy (non-hydrogen) atoms. The van der Waals surface area contributed by atoms with Crippen LogP contribution in [0.4, 0.5) is 0 Å². The monoisotopic (exact) mass is 301 g/mol. The standard InChI is InChI=1S/C16H19N3OS/c1-11-10-21-16-18-12(2)14(19(11)16)9-17-8-13-6-4-5-7-15(13)20-3/h4-7,10,17H,8-9H2,1-3H3. The number of imidazole rings is 1. The van der Waals surface area contributed by atoms with Crippen molar-refractivity contribution in [2.24, 2.45) is 0 Å². The summed E-state index contributed by atoms with van der Waals surface area (Å²) in [5, 5.41) is 5.64. The number of benzene rings is 1. The fourth-order valence-electron chi connectivity index (χ4n) is 2.54. The molecule has 0 bridgehead atoms. The van der Waals surface area contributed by atoms with Crippen molar-refractivity contribution in [3.05, 3.63) is 52.3 Å². The van der Waals surface area contributed by atoms with E-state index in [0.717, 1.165) is 29.5 Å². The second-order valence-electron chi connectivity index (χ2n) is 5.05. The largest absolute Gasteiger partial charge is 0.496 e. The van der Waals surface area contributed by atoms with E-state index in [0.29, 0.717) is 0 Å². The van der Waals surface area contributed by atoms with Crippen LogP contribution in [0.3, 0.4) is 0 Å². The lowest BCUT2D eigenvalue weighted by atomic mass is 10.2. The van der Waals surface area contributed by atoms with E-state index < -0.39 is 0 Å².